The molecule has 0 bridgehead atoms. The molecule has 1 heterocycles. The molecule has 1 saturated heterocycles. The molecule has 18 heavy (non-hydrogen) atoms. The van der Waals surface area contributed by atoms with Gasteiger partial charge >= 0.3 is 0 Å². The highest BCUT2D eigenvalue weighted by atomic mass is 16.2. The molecule has 4 heteroatoms. The van der Waals surface area contributed by atoms with Gasteiger partial charge in [0.15, 0.2) is 0 Å². The van der Waals surface area contributed by atoms with E-state index in [2.05, 4.69) is 11.9 Å². The van der Waals surface area contributed by atoms with E-state index in [1.54, 1.807) is 11.0 Å². The van der Waals surface area contributed by atoms with Gasteiger partial charge in [0.05, 0.1) is 0 Å². The average molecular weight is 252 g/mol. The highest BCUT2D eigenvalue weighted by molar-refractivity contribution is 5.97. The van der Waals surface area contributed by atoms with Gasteiger partial charge < -0.3 is 10.2 Å². The van der Waals surface area contributed by atoms with Crippen LogP contribution in [0.3, 0.4) is 0 Å². The van der Waals surface area contributed by atoms with E-state index in [1.807, 2.05) is 27.7 Å². The summed E-state index contributed by atoms with van der Waals surface area (Å²) in [4.78, 5) is 26.3. The van der Waals surface area contributed by atoms with Crippen molar-refractivity contribution in [3.63, 3.8) is 0 Å². The molecule has 1 rings (SSSR count). The molecule has 1 fully saturated rings. The molecule has 0 radical (unpaired) electrons. The predicted octanol–water partition coefficient (Wildman–Crippen LogP) is 1.71. The number of rotatable bonds is 5. The Kier molecular flexibility index (Phi) is 4.93. The fourth-order valence-corrected chi connectivity index (χ4v) is 2.35. The predicted molar refractivity (Wildman–Crippen MR) is 72.0 cm³/mol. The Bertz CT molecular complexity index is 341. The highest BCUT2D eigenvalue weighted by Gasteiger charge is 2.42. The first-order valence-corrected chi connectivity index (χ1v) is 6.72. The lowest BCUT2D eigenvalue weighted by molar-refractivity contribution is -0.152. The highest BCUT2D eigenvalue weighted by Crippen LogP contribution is 2.21. The van der Waals surface area contributed by atoms with Crippen LogP contribution < -0.4 is 5.32 Å². The molecule has 4 atom stereocenters. The molecule has 102 valence electrons. The van der Waals surface area contributed by atoms with Crippen LogP contribution in [0.4, 0.5) is 0 Å². The van der Waals surface area contributed by atoms with Crippen LogP contribution in [0, 0.1) is 5.92 Å². The summed E-state index contributed by atoms with van der Waals surface area (Å²) >= 11 is 0. The molecule has 4 nitrogen and oxygen atoms in total. The zero-order valence-electron chi connectivity index (χ0n) is 11.8. The second kappa shape index (κ2) is 6.03. The quantitative estimate of drug-likeness (QED) is 0.757. The van der Waals surface area contributed by atoms with Crippen LogP contribution in [0.15, 0.2) is 12.7 Å². The Hall–Kier alpha value is -1.32. The van der Waals surface area contributed by atoms with Crippen molar-refractivity contribution in [1.82, 2.24) is 10.2 Å². The number of carbonyl (C=O) groups excluding carboxylic acids is 2. The maximum Gasteiger partial charge on any atom is 0.246 e. The molecule has 0 saturated carbocycles. The van der Waals surface area contributed by atoms with Crippen LogP contribution in [0.1, 0.15) is 40.5 Å². The smallest absolute Gasteiger partial charge is 0.246 e. The standard InChI is InChI=1S/C14H24N2O2/c1-6-9(4)12-14(18)16(10(5)7-2)11(8-3)13(17)15-12/h7,9-12H,2,6,8H2,1,3-5H3,(H,15,17). The molecule has 0 aromatic heterocycles. The summed E-state index contributed by atoms with van der Waals surface area (Å²) in [5.41, 5.74) is 0. The third-order valence-electron chi connectivity index (χ3n) is 3.84. The average Bonchev–Trinajstić information content (AvgIpc) is 2.38. The van der Waals surface area contributed by atoms with Crippen molar-refractivity contribution in [2.24, 2.45) is 5.92 Å². The molecule has 0 aromatic carbocycles. The fourth-order valence-electron chi connectivity index (χ4n) is 2.35. The summed E-state index contributed by atoms with van der Waals surface area (Å²) in [6, 6.07) is -0.876. The SMILES string of the molecule is C=CC(C)N1C(=O)C(C(C)CC)NC(=O)C1CC. The summed E-state index contributed by atoms with van der Waals surface area (Å²) in [5.74, 6) is 0.123. The number of carbonyl (C=O) groups is 2. The second-order valence-corrected chi connectivity index (χ2v) is 5.02. The van der Waals surface area contributed by atoms with Gasteiger partial charge in [0, 0.05) is 6.04 Å². The molecule has 1 aliphatic heterocycles. The molecule has 1 aliphatic rings. The van der Waals surface area contributed by atoms with Gasteiger partial charge in [0.25, 0.3) is 0 Å². The monoisotopic (exact) mass is 252 g/mol. The first-order valence-electron chi connectivity index (χ1n) is 6.72. The Labute approximate surface area is 109 Å². The van der Waals surface area contributed by atoms with E-state index in [9.17, 15) is 9.59 Å². The summed E-state index contributed by atoms with van der Waals surface area (Å²) in [7, 11) is 0. The van der Waals surface area contributed by atoms with Gasteiger partial charge in [0.1, 0.15) is 12.1 Å². The van der Waals surface area contributed by atoms with Crippen molar-refractivity contribution < 1.29 is 9.59 Å². The molecule has 0 aromatic rings. The summed E-state index contributed by atoms with van der Waals surface area (Å²) in [5, 5.41) is 2.86. The number of hydrogen-bond acceptors (Lipinski definition) is 2. The maximum absolute atomic E-state index is 12.5. The second-order valence-electron chi connectivity index (χ2n) is 5.02. The lowest BCUT2D eigenvalue weighted by Crippen LogP contribution is -2.66. The van der Waals surface area contributed by atoms with Gasteiger partial charge in [-0.05, 0) is 19.3 Å². The van der Waals surface area contributed by atoms with Gasteiger partial charge in [0.2, 0.25) is 11.8 Å². The van der Waals surface area contributed by atoms with E-state index >= 15 is 0 Å². The van der Waals surface area contributed by atoms with E-state index in [1.165, 1.54) is 0 Å². The Morgan fingerprint density at radius 1 is 1.39 bits per heavy atom. The van der Waals surface area contributed by atoms with Crippen molar-refractivity contribution in [3.8, 4) is 0 Å². The van der Waals surface area contributed by atoms with Gasteiger partial charge in [-0.25, -0.2) is 0 Å². The third-order valence-corrected chi connectivity index (χ3v) is 3.84. The minimum absolute atomic E-state index is 0.0169. The van der Waals surface area contributed by atoms with Crippen molar-refractivity contribution in [1.29, 1.82) is 0 Å². The number of piperazine rings is 1. The van der Waals surface area contributed by atoms with E-state index in [-0.39, 0.29) is 29.8 Å². The van der Waals surface area contributed by atoms with Crippen LogP contribution in [0.5, 0.6) is 0 Å². The van der Waals surface area contributed by atoms with Crippen LogP contribution in [0.2, 0.25) is 0 Å². The van der Waals surface area contributed by atoms with Crippen molar-refractivity contribution >= 4 is 11.8 Å². The fraction of sp³-hybridized carbons (Fsp3) is 0.714. The van der Waals surface area contributed by atoms with Crippen molar-refractivity contribution in [2.45, 2.75) is 58.7 Å². The van der Waals surface area contributed by atoms with Crippen molar-refractivity contribution in [2.75, 3.05) is 0 Å². The lowest BCUT2D eigenvalue weighted by Gasteiger charge is -2.42. The number of amides is 2. The molecule has 4 unspecified atom stereocenters. The van der Waals surface area contributed by atoms with Crippen molar-refractivity contribution in [3.05, 3.63) is 12.7 Å². The summed E-state index contributed by atoms with van der Waals surface area (Å²) < 4.78 is 0. The largest absolute Gasteiger partial charge is 0.342 e. The van der Waals surface area contributed by atoms with E-state index in [4.69, 9.17) is 0 Å². The minimum atomic E-state index is -0.396. The molecule has 0 spiro atoms. The Morgan fingerprint density at radius 3 is 2.44 bits per heavy atom. The van der Waals surface area contributed by atoms with Crippen LogP contribution in [-0.4, -0.2) is 34.8 Å². The maximum atomic E-state index is 12.5. The molecule has 2 amide bonds. The topological polar surface area (TPSA) is 49.4 Å². The van der Waals surface area contributed by atoms with E-state index < -0.39 is 6.04 Å². The van der Waals surface area contributed by atoms with Gasteiger partial charge in [-0.1, -0.05) is 33.3 Å². The molecular formula is C14H24N2O2. The Balaban J connectivity index is 3.04. The first kappa shape index (κ1) is 14.7. The summed E-state index contributed by atoms with van der Waals surface area (Å²) in [6.07, 6.45) is 3.21. The number of nitrogens with zero attached hydrogens (tertiary/aromatic N) is 1. The minimum Gasteiger partial charge on any atom is -0.342 e. The van der Waals surface area contributed by atoms with Crippen LogP contribution in [-0.2, 0) is 9.59 Å². The zero-order valence-corrected chi connectivity index (χ0v) is 11.8. The molecule has 1 N–H and O–H groups in total. The molecular weight excluding hydrogens is 228 g/mol. The number of nitrogens with one attached hydrogen (secondary N) is 1. The van der Waals surface area contributed by atoms with E-state index in [0.717, 1.165) is 6.42 Å². The van der Waals surface area contributed by atoms with Gasteiger partial charge in [-0.3, -0.25) is 9.59 Å². The van der Waals surface area contributed by atoms with Crippen LogP contribution >= 0.6 is 0 Å². The van der Waals surface area contributed by atoms with Gasteiger partial charge in [-0.2, -0.15) is 0 Å². The lowest BCUT2D eigenvalue weighted by atomic mass is 9.92. The van der Waals surface area contributed by atoms with Gasteiger partial charge in [-0.15, -0.1) is 6.58 Å². The third kappa shape index (κ3) is 2.57. The normalized spacial score (nSPS) is 27.7. The molecule has 0 aliphatic carbocycles. The van der Waals surface area contributed by atoms with Crippen LogP contribution in [0.25, 0.3) is 0 Å². The first-order chi connectivity index (χ1) is 8.47. The Morgan fingerprint density at radius 2 is 2.00 bits per heavy atom. The number of hydrogen-bond donors (Lipinski definition) is 1. The summed E-state index contributed by atoms with van der Waals surface area (Å²) in [6.45, 7) is 11.6. The van der Waals surface area contributed by atoms with E-state index in [0.29, 0.717) is 6.42 Å². The zero-order chi connectivity index (χ0) is 13.9.